The zero-order valence-corrected chi connectivity index (χ0v) is 20.6. The van der Waals surface area contributed by atoms with Crippen LogP contribution in [0.3, 0.4) is 0 Å². The Labute approximate surface area is 209 Å². The van der Waals surface area contributed by atoms with E-state index in [2.05, 4.69) is 0 Å². The SMILES string of the molecule is COc1ccc(COC[C@@H]2OC(N)(C(Cl)(Cl)Cl)O[C@H]2C/C=C/COCc2ccccc2)cc1. The number of hydrogen-bond acceptors (Lipinski definition) is 6. The monoisotopic (exact) mass is 515 g/mol. The number of ether oxygens (including phenoxy) is 5. The Hall–Kier alpha value is -1.35. The van der Waals surface area contributed by atoms with Crippen LogP contribution in [-0.2, 0) is 32.2 Å². The summed E-state index contributed by atoms with van der Waals surface area (Å²) in [5, 5.41) is 0. The second-order valence-corrected chi connectivity index (χ2v) is 9.83. The standard InChI is InChI=1S/C24H28Cl3NO5/c1-29-20-12-10-19(11-13-20)16-31-17-22-21(32-24(28,33-22)23(25,26)27)9-5-6-14-30-15-18-7-3-2-4-8-18/h2-8,10-13,21-22H,9,14-17,28H2,1H3/b6-5+/t21-,22-,24?/m0/s1. The van der Waals surface area contributed by atoms with Crippen molar-refractivity contribution in [2.75, 3.05) is 20.3 Å². The Morgan fingerprint density at radius 2 is 1.55 bits per heavy atom. The fourth-order valence-electron chi connectivity index (χ4n) is 3.24. The van der Waals surface area contributed by atoms with Crippen molar-refractivity contribution in [2.45, 2.75) is 41.5 Å². The summed E-state index contributed by atoms with van der Waals surface area (Å²) in [5.41, 5.74) is 8.19. The van der Waals surface area contributed by atoms with Crippen molar-refractivity contribution in [1.82, 2.24) is 0 Å². The van der Waals surface area contributed by atoms with Gasteiger partial charge in [0.2, 0.25) is 0 Å². The van der Waals surface area contributed by atoms with Gasteiger partial charge in [-0.3, -0.25) is 5.73 Å². The molecule has 3 atom stereocenters. The smallest absolute Gasteiger partial charge is 0.275 e. The van der Waals surface area contributed by atoms with Crippen molar-refractivity contribution in [3.05, 3.63) is 77.9 Å². The summed E-state index contributed by atoms with van der Waals surface area (Å²) in [6, 6.07) is 17.6. The summed E-state index contributed by atoms with van der Waals surface area (Å²) in [5.74, 6) is -1.09. The maximum atomic E-state index is 6.09. The lowest BCUT2D eigenvalue weighted by atomic mass is 10.1. The molecule has 0 spiro atoms. The molecule has 1 fully saturated rings. The average Bonchev–Trinajstić information content (AvgIpc) is 3.14. The molecule has 2 aromatic carbocycles. The number of hydrogen-bond donors (Lipinski definition) is 1. The lowest BCUT2D eigenvalue weighted by Crippen LogP contribution is -2.53. The van der Waals surface area contributed by atoms with Crippen molar-refractivity contribution >= 4 is 34.8 Å². The molecule has 9 heteroatoms. The molecule has 1 heterocycles. The number of nitrogens with two attached hydrogens (primary N) is 1. The lowest BCUT2D eigenvalue weighted by molar-refractivity contribution is -0.171. The van der Waals surface area contributed by atoms with Gasteiger partial charge in [0.25, 0.3) is 9.70 Å². The molecule has 3 rings (SSSR count). The van der Waals surface area contributed by atoms with Crippen LogP contribution in [0.2, 0.25) is 0 Å². The Morgan fingerprint density at radius 3 is 2.21 bits per heavy atom. The maximum Gasteiger partial charge on any atom is 0.275 e. The number of rotatable bonds is 11. The molecule has 0 aromatic heterocycles. The Bertz CT molecular complexity index is 876. The van der Waals surface area contributed by atoms with Crippen LogP contribution in [0.25, 0.3) is 0 Å². The minimum Gasteiger partial charge on any atom is -0.497 e. The number of halogens is 3. The first-order chi connectivity index (χ1) is 15.8. The van der Waals surface area contributed by atoms with Gasteiger partial charge in [0.1, 0.15) is 11.9 Å². The summed E-state index contributed by atoms with van der Waals surface area (Å²) in [6.45, 7) is 1.59. The molecule has 0 amide bonds. The number of alkyl halides is 3. The van der Waals surface area contributed by atoms with Gasteiger partial charge in [-0.2, -0.15) is 0 Å². The molecule has 0 bridgehead atoms. The van der Waals surface area contributed by atoms with E-state index in [1.54, 1.807) is 7.11 Å². The number of benzene rings is 2. The molecule has 2 aromatic rings. The molecule has 6 nitrogen and oxygen atoms in total. The van der Waals surface area contributed by atoms with Crippen molar-refractivity contribution < 1.29 is 23.7 Å². The van der Waals surface area contributed by atoms with Crippen LogP contribution in [0.5, 0.6) is 5.75 Å². The predicted molar refractivity (Wildman–Crippen MR) is 129 cm³/mol. The fraction of sp³-hybridized carbons (Fsp3) is 0.417. The van der Waals surface area contributed by atoms with Gasteiger partial charge in [-0.05, 0) is 29.7 Å². The van der Waals surface area contributed by atoms with Crippen LogP contribution in [-0.4, -0.2) is 42.2 Å². The molecule has 33 heavy (non-hydrogen) atoms. The lowest BCUT2D eigenvalue weighted by Gasteiger charge is -2.29. The van der Waals surface area contributed by atoms with Crippen molar-refractivity contribution in [2.24, 2.45) is 5.73 Å². The molecule has 1 aliphatic heterocycles. The highest BCUT2D eigenvalue weighted by atomic mass is 35.6. The molecule has 0 aliphatic carbocycles. The van der Waals surface area contributed by atoms with E-state index in [9.17, 15) is 0 Å². The molecular formula is C24H28Cl3NO5. The molecule has 1 aliphatic rings. The first kappa shape index (κ1) is 26.3. The molecule has 180 valence electrons. The van der Waals surface area contributed by atoms with Gasteiger partial charge in [0.05, 0.1) is 39.6 Å². The first-order valence-electron chi connectivity index (χ1n) is 10.5. The van der Waals surface area contributed by atoms with E-state index in [-0.39, 0.29) is 6.61 Å². The Kier molecular flexibility index (Phi) is 9.85. The average molecular weight is 517 g/mol. The summed E-state index contributed by atoms with van der Waals surface area (Å²) in [6.07, 6.45) is 3.36. The Morgan fingerprint density at radius 1 is 0.909 bits per heavy atom. The van der Waals surface area contributed by atoms with Crippen LogP contribution >= 0.6 is 34.8 Å². The third-order valence-electron chi connectivity index (χ3n) is 5.03. The second kappa shape index (κ2) is 12.4. The van der Waals surface area contributed by atoms with Crippen molar-refractivity contribution in [3.8, 4) is 5.75 Å². The van der Waals surface area contributed by atoms with E-state index < -0.39 is 21.9 Å². The van der Waals surface area contributed by atoms with Crippen LogP contribution < -0.4 is 10.5 Å². The van der Waals surface area contributed by atoms with E-state index >= 15 is 0 Å². The fourth-order valence-corrected chi connectivity index (χ4v) is 3.50. The van der Waals surface area contributed by atoms with Gasteiger partial charge >= 0.3 is 0 Å². The third-order valence-corrected chi connectivity index (χ3v) is 5.82. The predicted octanol–water partition coefficient (Wildman–Crippen LogP) is 5.14. The first-order valence-corrected chi connectivity index (χ1v) is 11.6. The molecule has 1 saturated heterocycles. The zero-order chi connectivity index (χ0) is 23.7. The largest absolute Gasteiger partial charge is 0.497 e. The van der Waals surface area contributed by atoms with Gasteiger partial charge in [-0.15, -0.1) is 0 Å². The van der Waals surface area contributed by atoms with Gasteiger partial charge < -0.3 is 23.7 Å². The Balaban J connectivity index is 1.50. The highest BCUT2D eigenvalue weighted by Crippen LogP contribution is 2.44. The van der Waals surface area contributed by atoms with Crippen LogP contribution in [0, 0.1) is 0 Å². The number of methoxy groups -OCH3 is 1. The molecule has 0 saturated carbocycles. The van der Waals surface area contributed by atoms with Crippen LogP contribution in [0.15, 0.2) is 66.7 Å². The quantitative estimate of drug-likeness (QED) is 0.253. The van der Waals surface area contributed by atoms with Crippen LogP contribution in [0.1, 0.15) is 17.5 Å². The highest BCUT2D eigenvalue weighted by Gasteiger charge is 2.57. The molecule has 0 radical (unpaired) electrons. The normalized spacial score (nSPS) is 23.3. The molecule has 1 unspecified atom stereocenters. The highest BCUT2D eigenvalue weighted by molar-refractivity contribution is 6.68. The van der Waals surface area contributed by atoms with E-state index in [0.29, 0.717) is 26.2 Å². The van der Waals surface area contributed by atoms with Gasteiger partial charge in [-0.25, -0.2) is 0 Å². The third kappa shape index (κ3) is 7.84. The summed E-state index contributed by atoms with van der Waals surface area (Å²) in [7, 11) is 1.62. The van der Waals surface area contributed by atoms with Crippen molar-refractivity contribution in [3.63, 3.8) is 0 Å². The summed E-state index contributed by atoms with van der Waals surface area (Å²) < 4.78 is 26.3. The minimum atomic E-state index is -1.96. The summed E-state index contributed by atoms with van der Waals surface area (Å²) >= 11 is 18.0. The van der Waals surface area contributed by atoms with E-state index in [1.165, 1.54) is 0 Å². The molecule has 2 N–H and O–H groups in total. The van der Waals surface area contributed by atoms with Gasteiger partial charge in [-0.1, -0.05) is 89.4 Å². The minimum absolute atomic E-state index is 0.217. The van der Waals surface area contributed by atoms with Gasteiger partial charge in [0, 0.05) is 0 Å². The topological polar surface area (TPSA) is 72.2 Å². The maximum absolute atomic E-state index is 6.09. The van der Waals surface area contributed by atoms with E-state index in [0.717, 1.165) is 16.9 Å². The second-order valence-electron chi connectivity index (χ2n) is 7.55. The van der Waals surface area contributed by atoms with Crippen LogP contribution in [0.4, 0.5) is 0 Å². The molecular weight excluding hydrogens is 489 g/mol. The van der Waals surface area contributed by atoms with E-state index in [1.807, 2.05) is 66.7 Å². The zero-order valence-electron chi connectivity index (χ0n) is 18.3. The van der Waals surface area contributed by atoms with Crippen molar-refractivity contribution in [1.29, 1.82) is 0 Å². The van der Waals surface area contributed by atoms with Gasteiger partial charge in [0.15, 0.2) is 0 Å². The van der Waals surface area contributed by atoms with E-state index in [4.69, 9.17) is 64.2 Å². The summed E-state index contributed by atoms with van der Waals surface area (Å²) in [4.78, 5) is 0.